The number of imidazole rings is 1. The number of aromatic nitrogens is 2. The van der Waals surface area contributed by atoms with Gasteiger partial charge in [0, 0.05) is 5.69 Å². The third-order valence-corrected chi connectivity index (χ3v) is 5.35. The number of thioether (sulfide) groups is 1. The summed E-state index contributed by atoms with van der Waals surface area (Å²) >= 11 is 19.2. The van der Waals surface area contributed by atoms with Crippen LogP contribution in [0, 0.1) is 0 Å². The molecule has 0 spiro atoms. The standard InChI is InChI=1S/C16H13Cl3N4OS/c17-16(18,19)13(23-14(24)20-10-6-2-1-3-7-10)25-15-21-11-8-4-5-9-12(11)22-15/h1-9,13H,(H,21,22)(H2,20,23,24). The van der Waals surface area contributed by atoms with Crippen LogP contribution in [0.5, 0.6) is 0 Å². The van der Waals surface area contributed by atoms with Crippen LogP contribution < -0.4 is 10.6 Å². The Kier molecular flexibility index (Phi) is 5.64. The molecule has 2 aromatic carbocycles. The SMILES string of the molecule is O=C(Nc1ccccc1)NC(Sc1nc2ccccc2[nH]1)C(Cl)(Cl)Cl. The van der Waals surface area contributed by atoms with Gasteiger partial charge in [0.1, 0.15) is 5.37 Å². The van der Waals surface area contributed by atoms with Gasteiger partial charge in [-0.05, 0) is 24.3 Å². The van der Waals surface area contributed by atoms with Crippen molar-refractivity contribution in [2.45, 2.75) is 14.3 Å². The molecule has 0 radical (unpaired) electrons. The van der Waals surface area contributed by atoms with E-state index in [0.29, 0.717) is 10.8 Å². The Morgan fingerprint density at radius 2 is 1.76 bits per heavy atom. The van der Waals surface area contributed by atoms with Gasteiger partial charge >= 0.3 is 6.03 Å². The number of rotatable bonds is 4. The number of para-hydroxylation sites is 3. The molecule has 1 atom stereocenters. The van der Waals surface area contributed by atoms with E-state index in [0.717, 1.165) is 22.8 Å². The van der Waals surface area contributed by atoms with E-state index in [1.54, 1.807) is 12.1 Å². The highest BCUT2D eigenvalue weighted by atomic mass is 35.6. The number of nitrogens with one attached hydrogen (secondary N) is 3. The van der Waals surface area contributed by atoms with Crippen LogP contribution in [0.1, 0.15) is 0 Å². The van der Waals surface area contributed by atoms with Crippen LogP contribution in [0.25, 0.3) is 11.0 Å². The molecule has 5 nitrogen and oxygen atoms in total. The van der Waals surface area contributed by atoms with Crippen LogP contribution in [0.2, 0.25) is 0 Å². The first kappa shape index (κ1) is 18.2. The van der Waals surface area contributed by atoms with Crippen LogP contribution in [0.15, 0.2) is 59.8 Å². The minimum absolute atomic E-state index is 0.480. The molecule has 3 N–H and O–H groups in total. The summed E-state index contributed by atoms with van der Waals surface area (Å²) in [6, 6.07) is 16.1. The molecule has 0 fully saturated rings. The molecule has 0 saturated heterocycles. The number of halogens is 3. The summed E-state index contributed by atoms with van der Waals surface area (Å²) in [6.07, 6.45) is 0. The zero-order valence-corrected chi connectivity index (χ0v) is 15.8. The number of alkyl halides is 3. The van der Waals surface area contributed by atoms with E-state index >= 15 is 0 Å². The highest BCUT2D eigenvalue weighted by Gasteiger charge is 2.35. The first-order valence-electron chi connectivity index (χ1n) is 7.22. The van der Waals surface area contributed by atoms with Crippen LogP contribution in [0.3, 0.4) is 0 Å². The molecule has 3 rings (SSSR count). The zero-order chi connectivity index (χ0) is 17.9. The third kappa shape index (κ3) is 4.95. The minimum Gasteiger partial charge on any atom is -0.333 e. The highest BCUT2D eigenvalue weighted by molar-refractivity contribution is 8.00. The van der Waals surface area contributed by atoms with Crippen molar-refractivity contribution in [3.8, 4) is 0 Å². The average Bonchev–Trinajstić information content (AvgIpc) is 2.96. The molecule has 1 heterocycles. The quantitative estimate of drug-likeness (QED) is 0.313. The Hall–Kier alpha value is -1.60. The van der Waals surface area contributed by atoms with Crippen molar-refractivity contribution >= 4 is 69.3 Å². The van der Waals surface area contributed by atoms with Crippen molar-refractivity contribution < 1.29 is 4.79 Å². The lowest BCUT2D eigenvalue weighted by molar-refractivity contribution is 0.251. The van der Waals surface area contributed by atoms with Gasteiger partial charge in [-0.3, -0.25) is 0 Å². The molecule has 1 aromatic heterocycles. The lowest BCUT2D eigenvalue weighted by Gasteiger charge is -2.24. The number of amides is 2. The summed E-state index contributed by atoms with van der Waals surface area (Å²) in [6.45, 7) is 0. The molecule has 0 aliphatic rings. The maximum Gasteiger partial charge on any atom is 0.320 e. The number of nitrogens with zero attached hydrogens (tertiary/aromatic N) is 1. The Morgan fingerprint density at radius 1 is 1.08 bits per heavy atom. The first-order valence-corrected chi connectivity index (χ1v) is 9.24. The molecule has 130 valence electrons. The maximum atomic E-state index is 12.2. The van der Waals surface area contributed by atoms with E-state index in [4.69, 9.17) is 34.8 Å². The van der Waals surface area contributed by atoms with Crippen LogP contribution in [0.4, 0.5) is 10.5 Å². The van der Waals surface area contributed by atoms with Gasteiger partial charge in [0.15, 0.2) is 5.16 Å². The molecule has 1 unspecified atom stereocenters. The first-order chi connectivity index (χ1) is 11.9. The second-order valence-corrected chi connectivity index (χ2v) is 8.53. The predicted molar refractivity (Wildman–Crippen MR) is 105 cm³/mol. The molecule has 25 heavy (non-hydrogen) atoms. The fourth-order valence-corrected chi connectivity index (χ4v) is 3.49. The summed E-state index contributed by atoms with van der Waals surface area (Å²) in [5.41, 5.74) is 2.29. The van der Waals surface area contributed by atoms with Gasteiger partial charge in [-0.15, -0.1) is 0 Å². The number of urea groups is 1. The lowest BCUT2D eigenvalue weighted by Crippen LogP contribution is -2.43. The van der Waals surface area contributed by atoms with Crippen molar-refractivity contribution in [1.82, 2.24) is 15.3 Å². The number of aromatic amines is 1. The van der Waals surface area contributed by atoms with E-state index in [-0.39, 0.29) is 0 Å². The third-order valence-electron chi connectivity index (χ3n) is 3.19. The van der Waals surface area contributed by atoms with Gasteiger partial charge in [-0.2, -0.15) is 0 Å². The highest BCUT2D eigenvalue weighted by Crippen LogP contribution is 2.38. The molecule has 0 saturated carbocycles. The molecule has 0 bridgehead atoms. The number of benzene rings is 2. The Morgan fingerprint density at radius 3 is 2.44 bits per heavy atom. The molecule has 3 aromatic rings. The van der Waals surface area contributed by atoms with Crippen molar-refractivity contribution in [2.24, 2.45) is 0 Å². The van der Waals surface area contributed by atoms with Crippen LogP contribution >= 0.6 is 46.6 Å². The second-order valence-electron chi connectivity index (χ2n) is 5.06. The summed E-state index contributed by atoms with van der Waals surface area (Å²) < 4.78 is -1.72. The van der Waals surface area contributed by atoms with Crippen molar-refractivity contribution in [1.29, 1.82) is 0 Å². The Labute approximate surface area is 163 Å². The summed E-state index contributed by atoms with van der Waals surface area (Å²) in [5, 5.41) is 5.04. The average molecular weight is 416 g/mol. The summed E-state index contributed by atoms with van der Waals surface area (Å²) in [4.78, 5) is 19.7. The summed E-state index contributed by atoms with van der Waals surface area (Å²) in [5.74, 6) is 0. The maximum absolute atomic E-state index is 12.2. The number of carbonyl (C=O) groups is 1. The fraction of sp³-hybridized carbons (Fsp3) is 0.125. The van der Waals surface area contributed by atoms with Gasteiger partial charge in [0.25, 0.3) is 0 Å². The topological polar surface area (TPSA) is 69.8 Å². The van der Waals surface area contributed by atoms with E-state index in [1.165, 1.54) is 0 Å². The predicted octanol–water partition coefficient (Wildman–Crippen LogP) is 5.17. The second kappa shape index (κ2) is 7.74. The van der Waals surface area contributed by atoms with E-state index in [9.17, 15) is 4.79 Å². The van der Waals surface area contributed by atoms with Crippen LogP contribution in [-0.2, 0) is 0 Å². The van der Waals surface area contributed by atoms with E-state index in [1.807, 2.05) is 42.5 Å². The number of hydrogen-bond donors (Lipinski definition) is 3. The number of carbonyl (C=O) groups excluding carboxylic acids is 1. The monoisotopic (exact) mass is 414 g/mol. The molecular weight excluding hydrogens is 403 g/mol. The van der Waals surface area contributed by atoms with Crippen molar-refractivity contribution in [2.75, 3.05) is 5.32 Å². The normalized spacial score (nSPS) is 12.8. The Balaban J connectivity index is 1.72. The molecule has 9 heteroatoms. The number of H-pyrrole nitrogens is 1. The van der Waals surface area contributed by atoms with E-state index in [2.05, 4.69) is 20.6 Å². The largest absolute Gasteiger partial charge is 0.333 e. The smallest absolute Gasteiger partial charge is 0.320 e. The number of anilines is 1. The van der Waals surface area contributed by atoms with Crippen molar-refractivity contribution in [3.05, 3.63) is 54.6 Å². The van der Waals surface area contributed by atoms with Crippen molar-refractivity contribution in [3.63, 3.8) is 0 Å². The van der Waals surface area contributed by atoms with Gasteiger partial charge < -0.3 is 15.6 Å². The van der Waals surface area contributed by atoms with Gasteiger partial charge in [0.2, 0.25) is 3.79 Å². The lowest BCUT2D eigenvalue weighted by atomic mass is 10.3. The molecule has 2 amide bonds. The van der Waals surface area contributed by atoms with Crippen LogP contribution in [-0.4, -0.2) is 25.2 Å². The fourth-order valence-electron chi connectivity index (χ4n) is 2.08. The van der Waals surface area contributed by atoms with E-state index < -0.39 is 15.2 Å². The van der Waals surface area contributed by atoms with Gasteiger partial charge in [-0.25, -0.2) is 9.78 Å². The molecular formula is C16H13Cl3N4OS. The van der Waals surface area contributed by atoms with Gasteiger partial charge in [0.05, 0.1) is 11.0 Å². The summed E-state index contributed by atoms with van der Waals surface area (Å²) in [7, 11) is 0. The Bertz CT molecular complexity index is 833. The number of fused-ring (bicyclic) bond motifs is 1. The minimum atomic E-state index is -1.72. The van der Waals surface area contributed by atoms with Gasteiger partial charge in [-0.1, -0.05) is 76.9 Å². The molecule has 0 aliphatic carbocycles. The molecule has 0 aliphatic heterocycles. The zero-order valence-electron chi connectivity index (χ0n) is 12.7. The number of hydrogen-bond acceptors (Lipinski definition) is 3.